The molecule has 8 nitrogen and oxygen atoms in total. The van der Waals surface area contributed by atoms with Gasteiger partial charge in [0.2, 0.25) is 0 Å². The Morgan fingerprint density at radius 2 is 1.62 bits per heavy atom. The maximum absolute atomic E-state index is 13.6. The molecule has 2 atom stereocenters. The fourth-order valence-electron chi connectivity index (χ4n) is 4.87. The van der Waals surface area contributed by atoms with E-state index in [9.17, 15) is 20.0 Å². The summed E-state index contributed by atoms with van der Waals surface area (Å²) < 4.78 is 5.29. The van der Waals surface area contributed by atoms with Gasteiger partial charge in [-0.2, -0.15) is 5.26 Å². The van der Waals surface area contributed by atoms with Crippen LogP contribution in [0.4, 0.5) is 0 Å². The zero-order valence-electron chi connectivity index (χ0n) is 24.8. The zero-order valence-corrected chi connectivity index (χ0v) is 24.8. The third-order valence-corrected chi connectivity index (χ3v) is 6.96. The number of carbonyl (C=O) groups is 2. The van der Waals surface area contributed by atoms with E-state index in [0.717, 1.165) is 29.7 Å². The molecule has 3 aromatic rings. The van der Waals surface area contributed by atoms with Gasteiger partial charge in [0.1, 0.15) is 5.75 Å². The second-order valence-corrected chi connectivity index (χ2v) is 10.4. The van der Waals surface area contributed by atoms with Gasteiger partial charge in [-0.1, -0.05) is 56.3 Å². The highest BCUT2D eigenvalue weighted by molar-refractivity contribution is 6.00. The smallest absolute Gasteiger partial charge is 0.253 e. The predicted octanol–water partition coefficient (Wildman–Crippen LogP) is 4.52. The Balaban J connectivity index is 1.81. The Kier molecular flexibility index (Phi) is 13.0. The summed E-state index contributed by atoms with van der Waals surface area (Å²) in [6.45, 7) is 6.04. The molecule has 0 radical (unpaired) electrons. The van der Waals surface area contributed by atoms with E-state index in [1.807, 2.05) is 68.4 Å². The van der Waals surface area contributed by atoms with Crippen LogP contribution in [0, 0.1) is 11.3 Å². The zero-order chi connectivity index (χ0) is 30.3. The van der Waals surface area contributed by atoms with E-state index in [4.69, 9.17) is 4.74 Å². The average Bonchev–Trinajstić information content (AvgIpc) is 3.00. The molecular formula is C34H42N4O4. The largest absolute Gasteiger partial charge is 0.497 e. The van der Waals surface area contributed by atoms with Crippen molar-refractivity contribution in [2.45, 2.75) is 58.2 Å². The minimum atomic E-state index is -0.896. The molecule has 3 aromatic carbocycles. The van der Waals surface area contributed by atoms with E-state index in [2.05, 4.69) is 16.7 Å². The first-order valence-electron chi connectivity index (χ1n) is 14.5. The number of nitrogens with zero attached hydrogens (tertiary/aromatic N) is 2. The third-order valence-electron chi connectivity index (χ3n) is 6.96. The van der Waals surface area contributed by atoms with Gasteiger partial charge in [-0.05, 0) is 66.3 Å². The van der Waals surface area contributed by atoms with Crippen molar-refractivity contribution < 1.29 is 19.4 Å². The highest BCUT2D eigenvalue weighted by atomic mass is 16.5. The summed E-state index contributed by atoms with van der Waals surface area (Å²) >= 11 is 0. The summed E-state index contributed by atoms with van der Waals surface area (Å²) in [4.78, 5) is 28.7. The lowest BCUT2D eigenvalue weighted by atomic mass is 9.99. The number of benzene rings is 3. The van der Waals surface area contributed by atoms with Gasteiger partial charge in [0.25, 0.3) is 11.8 Å². The second-order valence-electron chi connectivity index (χ2n) is 10.4. The third kappa shape index (κ3) is 9.72. The van der Waals surface area contributed by atoms with Crippen LogP contribution in [0.25, 0.3) is 0 Å². The molecule has 0 bridgehead atoms. The first-order valence-corrected chi connectivity index (χ1v) is 14.5. The molecule has 2 amide bonds. The van der Waals surface area contributed by atoms with E-state index in [1.54, 1.807) is 30.2 Å². The van der Waals surface area contributed by atoms with Crippen LogP contribution in [0.2, 0.25) is 0 Å². The number of carbonyl (C=O) groups excluding carboxylic acids is 2. The van der Waals surface area contributed by atoms with Gasteiger partial charge in [-0.25, -0.2) is 0 Å². The quantitative estimate of drug-likeness (QED) is 0.233. The first-order chi connectivity index (χ1) is 20.4. The molecule has 8 heteroatoms. The highest BCUT2D eigenvalue weighted by Crippen LogP contribution is 2.16. The number of ether oxygens (including phenoxy) is 1. The number of hydrogen-bond acceptors (Lipinski definition) is 6. The lowest BCUT2D eigenvalue weighted by Crippen LogP contribution is -2.48. The van der Waals surface area contributed by atoms with Gasteiger partial charge in [0.15, 0.2) is 0 Å². The predicted molar refractivity (Wildman–Crippen MR) is 164 cm³/mol. The fourth-order valence-corrected chi connectivity index (χ4v) is 4.87. The van der Waals surface area contributed by atoms with E-state index in [-0.39, 0.29) is 24.4 Å². The summed E-state index contributed by atoms with van der Waals surface area (Å²) in [7, 11) is 1.62. The molecule has 0 aliphatic heterocycles. The number of aliphatic hydroxyl groups excluding tert-OH is 1. The van der Waals surface area contributed by atoms with E-state index < -0.39 is 18.1 Å². The van der Waals surface area contributed by atoms with Crippen molar-refractivity contribution in [3.05, 3.63) is 101 Å². The van der Waals surface area contributed by atoms with Gasteiger partial charge in [0.05, 0.1) is 31.7 Å². The topological polar surface area (TPSA) is 115 Å². The minimum Gasteiger partial charge on any atom is -0.497 e. The molecular weight excluding hydrogens is 528 g/mol. The molecule has 42 heavy (non-hydrogen) atoms. The summed E-state index contributed by atoms with van der Waals surface area (Å²) in [5.74, 6) is 0.192. The summed E-state index contributed by atoms with van der Waals surface area (Å²) in [5, 5.41) is 26.8. The average molecular weight is 571 g/mol. The second kappa shape index (κ2) is 16.9. The van der Waals surface area contributed by atoms with Gasteiger partial charge >= 0.3 is 0 Å². The highest BCUT2D eigenvalue weighted by Gasteiger charge is 2.24. The Bertz CT molecular complexity index is 1330. The van der Waals surface area contributed by atoms with Gasteiger partial charge in [-0.15, -0.1) is 0 Å². The minimum absolute atomic E-state index is 0.0766. The van der Waals surface area contributed by atoms with E-state index in [0.29, 0.717) is 37.2 Å². The maximum Gasteiger partial charge on any atom is 0.253 e. The lowest BCUT2D eigenvalue weighted by molar-refractivity contribution is 0.0755. The number of hydrogen-bond donors (Lipinski definition) is 3. The molecule has 0 aliphatic rings. The Hall–Kier alpha value is -4.19. The monoisotopic (exact) mass is 570 g/mol. The molecule has 0 heterocycles. The number of nitrogens with one attached hydrogen (secondary N) is 2. The van der Waals surface area contributed by atoms with Crippen LogP contribution in [0.5, 0.6) is 5.75 Å². The molecule has 0 aliphatic carbocycles. The lowest BCUT2D eigenvalue weighted by Gasteiger charge is -2.25. The molecule has 0 unspecified atom stereocenters. The summed E-state index contributed by atoms with van der Waals surface area (Å²) in [6.07, 6.45) is 1.24. The first kappa shape index (κ1) is 32.3. The number of methoxy groups -OCH3 is 1. The molecule has 222 valence electrons. The molecule has 0 fully saturated rings. The van der Waals surface area contributed by atoms with Crippen LogP contribution < -0.4 is 15.4 Å². The Morgan fingerprint density at radius 3 is 2.29 bits per heavy atom. The van der Waals surface area contributed by atoms with Crippen LogP contribution in [0.3, 0.4) is 0 Å². The van der Waals surface area contributed by atoms with Crippen molar-refractivity contribution >= 4 is 11.8 Å². The van der Waals surface area contributed by atoms with Crippen LogP contribution >= 0.6 is 0 Å². The normalized spacial score (nSPS) is 12.2. The molecule has 3 rings (SSSR count). The number of rotatable bonds is 16. The van der Waals surface area contributed by atoms with Crippen molar-refractivity contribution in [2.24, 2.45) is 0 Å². The van der Waals surface area contributed by atoms with Crippen molar-refractivity contribution in [3.63, 3.8) is 0 Å². The van der Waals surface area contributed by atoms with Gasteiger partial charge in [-0.3, -0.25) is 9.59 Å². The summed E-state index contributed by atoms with van der Waals surface area (Å²) in [5.41, 5.74) is 3.25. The van der Waals surface area contributed by atoms with Crippen molar-refractivity contribution in [2.75, 3.05) is 26.7 Å². The van der Waals surface area contributed by atoms with Gasteiger partial charge in [0, 0.05) is 37.3 Å². The van der Waals surface area contributed by atoms with E-state index in [1.165, 1.54) is 0 Å². The van der Waals surface area contributed by atoms with Crippen LogP contribution in [-0.2, 0) is 19.4 Å². The van der Waals surface area contributed by atoms with Gasteiger partial charge < -0.3 is 25.4 Å². The molecule has 0 spiro atoms. The van der Waals surface area contributed by atoms with Crippen molar-refractivity contribution in [1.29, 1.82) is 5.26 Å². The van der Waals surface area contributed by atoms with E-state index >= 15 is 0 Å². The molecule has 0 saturated heterocycles. The maximum atomic E-state index is 13.6. The van der Waals surface area contributed by atoms with Crippen molar-refractivity contribution in [1.82, 2.24) is 15.5 Å². The van der Waals surface area contributed by atoms with Crippen LogP contribution in [-0.4, -0.2) is 60.7 Å². The molecule has 0 aromatic heterocycles. The Morgan fingerprint density at radius 1 is 0.929 bits per heavy atom. The SMILES string of the molecule is CCCN(CCC)C(=O)c1cc(CC#N)cc(C(=O)N[C@@H](Cc2ccccc2)[C@H](O)CNCc2cccc(OC)c2)c1. The standard InChI is InChI=1S/C34H42N4O4/c1-4-16-38(17-5-2)34(41)29-19-26(14-15-35)18-28(22-29)33(40)37-31(21-25-10-7-6-8-11-25)32(39)24-36-23-27-12-9-13-30(20-27)42-3/h6-13,18-20,22,31-32,36,39H,4-5,14,16-17,21,23-24H2,1-3H3,(H,37,40)/t31-,32+/m0/s1. The van der Waals surface area contributed by atoms with Crippen molar-refractivity contribution in [3.8, 4) is 11.8 Å². The van der Waals surface area contributed by atoms with Crippen LogP contribution in [0.1, 0.15) is 64.1 Å². The number of amides is 2. The summed E-state index contributed by atoms with van der Waals surface area (Å²) in [6, 6.07) is 23.8. The molecule has 3 N–H and O–H groups in total. The Labute approximate surface area is 249 Å². The number of nitriles is 1. The fraction of sp³-hybridized carbons (Fsp3) is 0.382. The van der Waals surface area contributed by atoms with Crippen LogP contribution in [0.15, 0.2) is 72.8 Å². The molecule has 0 saturated carbocycles. The number of aliphatic hydroxyl groups is 1.